The lowest BCUT2D eigenvalue weighted by Crippen LogP contribution is -2.53. The fourth-order valence-electron chi connectivity index (χ4n) is 4.53. The van der Waals surface area contributed by atoms with Crippen molar-refractivity contribution in [1.82, 2.24) is 4.90 Å². The molecule has 2 amide bonds. The van der Waals surface area contributed by atoms with Crippen molar-refractivity contribution < 1.29 is 9.59 Å². The normalized spacial score (nSPS) is 40.0. The highest BCUT2D eigenvalue weighted by molar-refractivity contribution is 6.06. The lowest BCUT2D eigenvalue weighted by molar-refractivity contribution is -0.146. The number of fused-ring (bicyclic) bond motifs is 1. The number of imide groups is 1. The van der Waals surface area contributed by atoms with Crippen molar-refractivity contribution in [2.75, 3.05) is 0 Å². The third kappa shape index (κ3) is 2.18. The Bertz CT molecular complexity index is 462. The van der Waals surface area contributed by atoms with Crippen molar-refractivity contribution in [3.63, 3.8) is 0 Å². The van der Waals surface area contributed by atoms with E-state index in [4.69, 9.17) is 0 Å². The highest BCUT2D eigenvalue weighted by Gasteiger charge is 2.56. The molecular weight excluding hydrogens is 264 g/mol. The van der Waals surface area contributed by atoms with E-state index < -0.39 is 5.54 Å². The van der Waals surface area contributed by atoms with Crippen molar-refractivity contribution in [2.24, 2.45) is 17.8 Å². The van der Waals surface area contributed by atoms with Crippen molar-refractivity contribution in [1.29, 1.82) is 5.26 Å². The highest BCUT2D eigenvalue weighted by Crippen LogP contribution is 2.45. The van der Waals surface area contributed by atoms with Gasteiger partial charge < -0.3 is 0 Å². The van der Waals surface area contributed by atoms with E-state index in [2.05, 4.69) is 13.0 Å². The van der Waals surface area contributed by atoms with Crippen LogP contribution in [-0.2, 0) is 9.59 Å². The van der Waals surface area contributed by atoms with Gasteiger partial charge in [-0.05, 0) is 44.4 Å². The quantitative estimate of drug-likeness (QED) is 0.734. The van der Waals surface area contributed by atoms with Crippen molar-refractivity contribution in [2.45, 2.75) is 70.3 Å². The van der Waals surface area contributed by atoms with Gasteiger partial charge in [0.15, 0.2) is 0 Å². The molecule has 0 aromatic heterocycles. The summed E-state index contributed by atoms with van der Waals surface area (Å²) in [5.41, 5.74) is -0.850. The molecule has 3 fully saturated rings. The summed E-state index contributed by atoms with van der Waals surface area (Å²) in [6.07, 6.45) is 8.08. The Morgan fingerprint density at radius 1 is 1.10 bits per heavy atom. The van der Waals surface area contributed by atoms with Crippen LogP contribution in [0.3, 0.4) is 0 Å². The van der Waals surface area contributed by atoms with Gasteiger partial charge in [-0.2, -0.15) is 5.26 Å². The molecule has 0 spiro atoms. The van der Waals surface area contributed by atoms with Gasteiger partial charge in [-0.25, -0.2) is 0 Å². The van der Waals surface area contributed by atoms with Gasteiger partial charge in [0.1, 0.15) is 5.54 Å². The molecule has 3 rings (SSSR count). The van der Waals surface area contributed by atoms with Crippen LogP contribution in [-0.4, -0.2) is 22.3 Å². The number of nitriles is 1. The first-order valence-corrected chi connectivity index (χ1v) is 8.42. The van der Waals surface area contributed by atoms with E-state index in [1.807, 2.05) is 0 Å². The second-order valence-electron chi connectivity index (χ2n) is 7.00. The van der Waals surface area contributed by atoms with E-state index in [0.717, 1.165) is 44.9 Å². The molecule has 0 aromatic rings. The van der Waals surface area contributed by atoms with Gasteiger partial charge in [-0.3, -0.25) is 14.5 Å². The zero-order valence-electron chi connectivity index (χ0n) is 12.8. The van der Waals surface area contributed by atoms with Gasteiger partial charge >= 0.3 is 0 Å². The summed E-state index contributed by atoms with van der Waals surface area (Å²) >= 11 is 0. The van der Waals surface area contributed by atoms with Gasteiger partial charge in [0.2, 0.25) is 11.8 Å². The summed E-state index contributed by atoms with van der Waals surface area (Å²) in [5.74, 6) is 0.254. The van der Waals surface area contributed by atoms with Crippen LogP contribution < -0.4 is 0 Å². The molecule has 1 aliphatic heterocycles. The predicted octanol–water partition coefficient (Wildman–Crippen LogP) is 3.02. The van der Waals surface area contributed by atoms with Crippen LogP contribution >= 0.6 is 0 Å². The van der Waals surface area contributed by atoms with E-state index >= 15 is 0 Å². The minimum Gasteiger partial charge on any atom is -0.274 e. The molecule has 4 nitrogen and oxygen atoms in total. The van der Waals surface area contributed by atoms with Crippen LogP contribution in [0.15, 0.2) is 0 Å². The molecule has 114 valence electrons. The monoisotopic (exact) mass is 288 g/mol. The van der Waals surface area contributed by atoms with Gasteiger partial charge in [0.05, 0.1) is 17.9 Å². The molecule has 2 atom stereocenters. The van der Waals surface area contributed by atoms with Crippen LogP contribution in [0.25, 0.3) is 0 Å². The molecule has 0 radical (unpaired) electrons. The summed E-state index contributed by atoms with van der Waals surface area (Å²) in [4.78, 5) is 26.8. The third-order valence-corrected chi connectivity index (χ3v) is 5.99. The number of likely N-dealkylation sites (tertiary alicyclic amines) is 1. The van der Waals surface area contributed by atoms with Crippen molar-refractivity contribution >= 4 is 11.8 Å². The number of carbonyl (C=O) groups is 2. The predicted molar refractivity (Wildman–Crippen MR) is 77.9 cm³/mol. The molecule has 2 saturated carbocycles. The van der Waals surface area contributed by atoms with Gasteiger partial charge in [-0.1, -0.05) is 26.2 Å². The Balaban J connectivity index is 1.86. The van der Waals surface area contributed by atoms with Crippen molar-refractivity contribution in [3.8, 4) is 6.07 Å². The molecule has 0 N–H and O–H groups in total. The number of hydrogen-bond donors (Lipinski definition) is 0. The molecule has 2 aliphatic carbocycles. The molecule has 1 saturated heterocycles. The van der Waals surface area contributed by atoms with E-state index in [1.54, 1.807) is 0 Å². The second kappa shape index (κ2) is 5.44. The second-order valence-corrected chi connectivity index (χ2v) is 7.00. The Morgan fingerprint density at radius 2 is 1.62 bits per heavy atom. The molecule has 21 heavy (non-hydrogen) atoms. The number of rotatable bonds is 2. The van der Waals surface area contributed by atoms with Crippen LogP contribution in [0, 0.1) is 29.1 Å². The first-order valence-electron chi connectivity index (χ1n) is 8.42. The van der Waals surface area contributed by atoms with E-state index in [-0.39, 0.29) is 23.7 Å². The standard InChI is InChI=1S/C17H24N2O2/c1-2-12-7-9-17(11-18,10-8-12)19-15(20)13-5-3-4-6-14(13)16(19)21/h12-14H,2-10H2,1H3. The summed E-state index contributed by atoms with van der Waals surface area (Å²) in [5, 5.41) is 9.73. The maximum Gasteiger partial charge on any atom is 0.234 e. The average Bonchev–Trinajstić information content (AvgIpc) is 2.80. The summed E-state index contributed by atoms with van der Waals surface area (Å²) < 4.78 is 0. The van der Waals surface area contributed by atoms with Crippen LogP contribution in [0.4, 0.5) is 0 Å². The Hall–Kier alpha value is -1.37. The Kier molecular flexibility index (Phi) is 3.77. The van der Waals surface area contributed by atoms with Crippen LogP contribution in [0.1, 0.15) is 64.7 Å². The maximum absolute atomic E-state index is 12.7. The van der Waals surface area contributed by atoms with Crippen molar-refractivity contribution in [3.05, 3.63) is 0 Å². The van der Waals surface area contributed by atoms with E-state index in [1.165, 1.54) is 4.90 Å². The third-order valence-electron chi connectivity index (χ3n) is 5.99. The number of amides is 2. The van der Waals surface area contributed by atoms with E-state index in [0.29, 0.717) is 18.8 Å². The van der Waals surface area contributed by atoms with Gasteiger partial charge in [-0.15, -0.1) is 0 Å². The number of hydrogen-bond acceptors (Lipinski definition) is 3. The largest absolute Gasteiger partial charge is 0.274 e. The average molecular weight is 288 g/mol. The highest BCUT2D eigenvalue weighted by atomic mass is 16.2. The Morgan fingerprint density at radius 3 is 2.05 bits per heavy atom. The molecule has 1 heterocycles. The fraction of sp³-hybridized carbons (Fsp3) is 0.824. The molecule has 4 heteroatoms. The maximum atomic E-state index is 12.7. The first-order chi connectivity index (χ1) is 10.1. The van der Waals surface area contributed by atoms with Crippen LogP contribution in [0.2, 0.25) is 0 Å². The Labute approximate surface area is 126 Å². The zero-order chi connectivity index (χ0) is 15.0. The molecule has 0 aromatic carbocycles. The first kappa shape index (κ1) is 14.6. The van der Waals surface area contributed by atoms with Crippen LogP contribution in [0.5, 0.6) is 0 Å². The molecule has 0 bridgehead atoms. The molecule has 2 unspecified atom stereocenters. The topological polar surface area (TPSA) is 61.2 Å². The smallest absolute Gasteiger partial charge is 0.234 e. The fourth-order valence-corrected chi connectivity index (χ4v) is 4.53. The summed E-state index contributed by atoms with van der Waals surface area (Å²) in [6, 6.07) is 2.36. The minimum absolute atomic E-state index is 0.0544. The lowest BCUT2D eigenvalue weighted by atomic mass is 9.75. The van der Waals surface area contributed by atoms with Gasteiger partial charge in [0.25, 0.3) is 0 Å². The summed E-state index contributed by atoms with van der Waals surface area (Å²) in [7, 11) is 0. The summed E-state index contributed by atoms with van der Waals surface area (Å²) in [6.45, 7) is 2.17. The lowest BCUT2D eigenvalue weighted by Gasteiger charge is -2.40. The number of carbonyl (C=O) groups excluding carboxylic acids is 2. The SMILES string of the molecule is CCC1CCC(C#N)(N2C(=O)C3CCCCC3C2=O)CC1. The zero-order valence-corrected chi connectivity index (χ0v) is 12.8. The van der Waals surface area contributed by atoms with E-state index in [9.17, 15) is 14.9 Å². The molecule has 3 aliphatic rings. The van der Waals surface area contributed by atoms with Gasteiger partial charge in [0, 0.05) is 0 Å². The molecular formula is C17H24N2O2. The minimum atomic E-state index is -0.850. The number of nitrogens with zero attached hydrogens (tertiary/aromatic N) is 2.